The molecular weight excluding hydrogens is 238 g/mol. The molecule has 0 aliphatic rings. The second-order valence-electron chi connectivity index (χ2n) is 4.76. The smallest absolute Gasteiger partial charge is 0.242 e. The highest BCUT2D eigenvalue weighted by Crippen LogP contribution is 2.20. The molecule has 0 saturated heterocycles. The summed E-state index contributed by atoms with van der Waals surface area (Å²) in [4.78, 5) is 14.0. The number of carbonyl (C=O) groups excluding carboxylic acids is 1. The molecule has 19 heavy (non-hydrogen) atoms. The second kappa shape index (κ2) is 7.79. The first-order valence-electron chi connectivity index (χ1n) is 6.90. The van der Waals surface area contributed by atoms with Crippen molar-refractivity contribution in [3.8, 4) is 0 Å². The first-order chi connectivity index (χ1) is 9.11. The van der Waals surface area contributed by atoms with Gasteiger partial charge in [-0.1, -0.05) is 31.5 Å². The molecule has 0 spiro atoms. The number of likely N-dealkylation sites (N-methyl/N-ethyl adjacent to an activating group) is 1. The molecular formula is C15H25N3O. The van der Waals surface area contributed by atoms with Crippen LogP contribution >= 0.6 is 0 Å². The van der Waals surface area contributed by atoms with Crippen molar-refractivity contribution in [2.24, 2.45) is 5.73 Å². The zero-order chi connectivity index (χ0) is 14.3. The number of anilines is 1. The summed E-state index contributed by atoms with van der Waals surface area (Å²) in [6.45, 7) is 5.24. The molecule has 0 fully saturated rings. The summed E-state index contributed by atoms with van der Waals surface area (Å²) in [5.74, 6) is 0.0581. The van der Waals surface area contributed by atoms with Gasteiger partial charge in [0.25, 0.3) is 0 Å². The number of nitrogens with two attached hydrogens (primary N) is 1. The minimum absolute atomic E-state index is 0.0581. The first kappa shape index (κ1) is 15.5. The molecule has 1 aromatic rings. The Bertz CT molecular complexity index is 406. The van der Waals surface area contributed by atoms with Gasteiger partial charge in [-0.05, 0) is 25.0 Å². The van der Waals surface area contributed by atoms with Crippen molar-refractivity contribution < 1.29 is 4.79 Å². The lowest BCUT2D eigenvalue weighted by atomic mass is 10.1. The number of amides is 1. The van der Waals surface area contributed by atoms with Crippen molar-refractivity contribution in [1.82, 2.24) is 5.32 Å². The van der Waals surface area contributed by atoms with Crippen LogP contribution in [0, 0.1) is 0 Å². The van der Waals surface area contributed by atoms with Crippen LogP contribution in [0.3, 0.4) is 0 Å². The number of unbranched alkanes of at least 4 members (excludes halogenated alkanes) is 1. The molecule has 1 amide bonds. The Hall–Kier alpha value is -1.55. The van der Waals surface area contributed by atoms with Crippen molar-refractivity contribution in [2.45, 2.75) is 39.3 Å². The number of nitrogens with one attached hydrogen (secondary N) is 1. The minimum atomic E-state index is -0.204. The zero-order valence-electron chi connectivity index (χ0n) is 12.1. The Kier molecular flexibility index (Phi) is 6.36. The summed E-state index contributed by atoms with van der Waals surface area (Å²) in [7, 11) is 1.93. The van der Waals surface area contributed by atoms with Crippen LogP contribution in [-0.4, -0.2) is 25.5 Å². The first-order valence-corrected chi connectivity index (χ1v) is 6.90. The molecule has 0 aromatic heterocycles. The van der Waals surface area contributed by atoms with E-state index in [1.807, 2.05) is 43.1 Å². The average Bonchev–Trinajstić information content (AvgIpc) is 2.45. The summed E-state index contributed by atoms with van der Waals surface area (Å²) in [6, 6.07) is 7.72. The highest BCUT2D eigenvalue weighted by atomic mass is 16.2. The Balaban J connectivity index is 2.70. The molecule has 1 aromatic carbocycles. The van der Waals surface area contributed by atoms with Crippen LogP contribution < -0.4 is 16.0 Å². The SMILES string of the molecule is CCCCNC(=O)C(C)N(C)c1ccccc1CN. The van der Waals surface area contributed by atoms with Gasteiger partial charge in [0, 0.05) is 25.8 Å². The van der Waals surface area contributed by atoms with E-state index in [0.29, 0.717) is 6.54 Å². The maximum Gasteiger partial charge on any atom is 0.242 e. The number of para-hydroxylation sites is 1. The van der Waals surface area contributed by atoms with Crippen LogP contribution in [-0.2, 0) is 11.3 Å². The van der Waals surface area contributed by atoms with Crippen molar-refractivity contribution >= 4 is 11.6 Å². The maximum absolute atomic E-state index is 12.0. The number of benzene rings is 1. The quantitative estimate of drug-likeness (QED) is 0.739. The summed E-state index contributed by atoms with van der Waals surface area (Å²) < 4.78 is 0. The van der Waals surface area contributed by atoms with Gasteiger partial charge < -0.3 is 16.0 Å². The third kappa shape index (κ3) is 4.24. The van der Waals surface area contributed by atoms with Gasteiger partial charge in [-0.2, -0.15) is 0 Å². The van der Waals surface area contributed by atoms with E-state index in [9.17, 15) is 4.79 Å². The molecule has 0 heterocycles. The van der Waals surface area contributed by atoms with E-state index < -0.39 is 0 Å². The van der Waals surface area contributed by atoms with Crippen LogP contribution in [0.15, 0.2) is 24.3 Å². The van der Waals surface area contributed by atoms with Gasteiger partial charge in [-0.3, -0.25) is 4.79 Å². The van der Waals surface area contributed by atoms with Crippen LogP contribution in [0.25, 0.3) is 0 Å². The van der Waals surface area contributed by atoms with Gasteiger partial charge in [-0.15, -0.1) is 0 Å². The predicted molar refractivity (Wildman–Crippen MR) is 80.1 cm³/mol. The fraction of sp³-hybridized carbons (Fsp3) is 0.533. The minimum Gasteiger partial charge on any atom is -0.363 e. The Morgan fingerprint density at radius 1 is 1.42 bits per heavy atom. The standard InChI is InChI=1S/C15H25N3O/c1-4-5-10-17-15(19)12(2)18(3)14-9-7-6-8-13(14)11-16/h6-9,12H,4-5,10-11,16H2,1-3H3,(H,17,19). The van der Waals surface area contributed by atoms with Gasteiger partial charge >= 0.3 is 0 Å². The third-order valence-electron chi connectivity index (χ3n) is 3.38. The van der Waals surface area contributed by atoms with E-state index in [2.05, 4.69) is 12.2 Å². The lowest BCUT2D eigenvalue weighted by molar-refractivity contribution is -0.122. The Labute approximate surface area is 116 Å². The van der Waals surface area contributed by atoms with E-state index in [1.54, 1.807) is 0 Å². The predicted octanol–water partition coefficient (Wildman–Crippen LogP) is 1.89. The van der Waals surface area contributed by atoms with Crippen molar-refractivity contribution in [3.05, 3.63) is 29.8 Å². The van der Waals surface area contributed by atoms with E-state index in [4.69, 9.17) is 5.73 Å². The molecule has 106 valence electrons. The number of carbonyl (C=O) groups is 1. The highest BCUT2D eigenvalue weighted by molar-refractivity contribution is 5.85. The Morgan fingerprint density at radius 3 is 2.74 bits per heavy atom. The zero-order valence-corrected chi connectivity index (χ0v) is 12.1. The van der Waals surface area contributed by atoms with Gasteiger partial charge in [0.1, 0.15) is 6.04 Å². The highest BCUT2D eigenvalue weighted by Gasteiger charge is 2.19. The van der Waals surface area contributed by atoms with E-state index >= 15 is 0 Å². The maximum atomic E-state index is 12.0. The van der Waals surface area contributed by atoms with Crippen LogP contribution in [0.4, 0.5) is 5.69 Å². The lowest BCUT2D eigenvalue weighted by Gasteiger charge is -2.28. The largest absolute Gasteiger partial charge is 0.363 e. The van der Waals surface area contributed by atoms with Crippen molar-refractivity contribution in [3.63, 3.8) is 0 Å². The molecule has 0 aliphatic heterocycles. The number of hydrogen-bond donors (Lipinski definition) is 2. The molecule has 1 rings (SSSR count). The fourth-order valence-corrected chi connectivity index (χ4v) is 1.95. The molecule has 3 N–H and O–H groups in total. The Morgan fingerprint density at radius 2 is 2.11 bits per heavy atom. The van der Waals surface area contributed by atoms with E-state index in [0.717, 1.165) is 30.6 Å². The van der Waals surface area contributed by atoms with Gasteiger partial charge in [0.2, 0.25) is 5.91 Å². The van der Waals surface area contributed by atoms with Crippen LogP contribution in [0.1, 0.15) is 32.3 Å². The van der Waals surface area contributed by atoms with Crippen LogP contribution in [0.2, 0.25) is 0 Å². The van der Waals surface area contributed by atoms with Crippen molar-refractivity contribution in [2.75, 3.05) is 18.5 Å². The van der Waals surface area contributed by atoms with E-state index in [-0.39, 0.29) is 11.9 Å². The van der Waals surface area contributed by atoms with Gasteiger partial charge in [-0.25, -0.2) is 0 Å². The topological polar surface area (TPSA) is 58.4 Å². The van der Waals surface area contributed by atoms with E-state index in [1.165, 1.54) is 0 Å². The molecule has 0 bridgehead atoms. The lowest BCUT2D eigenvalue weighted by Crippen LogP contribution is -2.44. The van der Waals surface area contributed by atoms with Gasteiger partial charge in [0.05, 0.1) is 0 Å². The monoisotopic (exact) mass is 263 g/mol. The molecule has 0 radical (unpaired) electrons. The second-order valence-corrected chi connectivity index (χ2v) is 4.76. The molecule has 0 saturated carbocycles. The molecule has 0 aliphatic carbocycles. The summed E-state index contributed by atoms with van der Waals surface area (Å²) in [5, 5.41) is 2.96. The number of hydrogen-bond acceptors (Lipinski definition) is 3. The molecule has 4 nitrogen and oxygen atoms in total. The average molecular weight is 263 g/mol. The summed E-state index contributed by atoms with van der Waals surface area (Å²) in [5.41, 5.74) is 7.81. The van der Waals surface area contributed by atoms with Gasteiger partial charge in [0.15, 0.2) is 0 Å². The number of rotatable bonds is 7. The molecule has 1 atom stereocenters. The summed E-state index contributed by atoms with van der Waals surface area (Å²) in [6.07, 6.45) is 2.10. The third-order valence-corrected chi connectivity index (χ3v) is 3.38. The number of nitrogens with zero attached hydrogens (tertiary/aromatic N) is 1. The van der Waals surface area contributed by atoms with Crippen molar-refractivity contribution in [1.29, 1.82) is 0 Å². The molecule has 1 unspecified atom stereocenters. The van der Waals surface area contributed by atoms with Crippen LogP contribution in [0.5, 0.6) is 0 Å². The fourth-order valence-electron chi connectivity index (χ4n) is 1.95. The molecule has 4 heteroatoms. The summed E-state index contributed by atoms with van der Waals surface area (Å²) >= 11 is 0. The normalized spacial score (nSPS) is 12.0.